The fraction of sp³-hybridized carbons (Fsp3) is 0.200. The molecule has 0 N–H and O–H groups in total. The summed E-state index contributed by atoms with van der Waals surface area (Å²) in [5.74, 6) is 0.840. The van der Waals surface area contributed by atoms with Gasteiger partial charge in [-0.1, -0.05) is 41.4 Å². The molecule has 1 aromatic carbocycles. The Balaban J connectivity index is 1.87. The number of rotatable bonds is 2. The van der Waals surface area contributed by atoms with Gasteiger partial charge in [-0.25, -0.2) is 0 Å². The van der Waals surface area contributed by atoms with Crippen LogP contribution < -0.4 is 4.90 Å². The van der Waals surface area contributed by atoms with Gasteiger partial charge in [0.15, 0.2) is 11.0 Å². The monoisotopic (exact) mass is 271 g/mol. The van der Waals surface area contributed by atoms with Gasteiger partial charge in [-0.15, -0.1) is 10.2 Å². The molecule has 0 unspecified atom stereocenters. The predicted octanol–water partition coefficient (Wildman–Crippen LogP) is 3.69. The number of benzene rings is 1. The molecule has 0 spiro atoms. The van der Waals surface area contributed by atoms with Crippen LogP contribution >= 0.6 is 11.6 Å². The van der Waals surface area contributed by atoms with Crippen molar-refractivity contribution in [2.75, 3.05) is 11.4 Å². The van der Waals surface area contributed by atoms with Gasteiger partial charge in [0.2, 0.25) is 0 Å². The molecule has 0 aliphatic carbocycles. The molecular weight excluding hydrogens is 258 g/mol. The quantitative estimate of drug-likeness (QED) is 0.834. The minimum absolute atomic E-state index is 0.422. The van der Waals surface area contributed by atoms with Gasteiger partial charge in [0.1, 0.15) is 0 Å². The molecule has 0 fully saturated rings. The van der Waals surface area contributed by atoms with Crippen molar-refractivity contribution in [2.24, 2.45) is 0 Å². The van der Waals surface area contributed by atoms with Crippen molar-refractivity contribution >= 4 is 23.0 Å². The van der Waals surface area contributed by atoms with Gasteiger partial charge in [-0.05, 0) is 36.6 Å². The summed E-state index contributed by atoms with van der Waals surface area (Å²) in [6.07, 6.45) is 3.17. The van der Waals surface area contributed by atoms with Crippen LogP contribution in [0, 0.1) is 6.92 Å². The van der Waals surface area contributed by atoms with E-state index in [0.717, 1.165) is 18.8 Å². The van der Waals surface area contributed by atoms with Crippen LogP contribution in [0.1, 0.15) is 17.5 Å². The van der Waals surface area contributed by atoms with Crippen LogP contribution in [0.4, 0.5) is 5.82 Å². The number of halogens is 1. The molecule has 3 nitrogen and oxygen atoms in total. The van der Waals surface area contributed by atoms with Crippen LogP contribution in [0.25, 0.3) is 5.57 Å². The van der Waals surface area contributed by atoms with E-state index in [-0.39, 0.29) is 0 Å². The third-order valence-electron chi connectivity index (χ3n) is 3.23. The zero-order valence-corrected chi connectivity index (χ0v) is 11.4. The van der Waals surface area contributed by atoms with E-state index < -0.39 is 0 Å². The van der Waals surface area contributed by atoms with E-state index in [2.05, 4.69) is 52.5 Å². The minimum Gasteiger partial charge on any atom is -0.331 e. The highest BCUT2D eigenvalue weighted by Crippen LogP contribution is 2.28. The van der Waals surface area contributed by atoms with Gasteiger partial charge in [0, 0.05) is 12.7 Å². The van der Waals surface area contributed by atoms with E-state index in [1.54, 1.807) is 6.07 Å². The third kappa shape index (κ3) is 2.61. The van der Waals surface area contributed by atoms with Gasteiger partial charge in [0.25, 0.3) is 0 Å². The van der Waals surface area contributed by atoms with Gasteiger partial charge in [-0.3, -0.25) is 0 Å². The lowest BCUT2D eigenvalue weighted by molar-refractivity contribution is 0.926. The van der Waals surface area contributed by atoms with E-state index >= 15 is 0 Å². The highest BCUT2D eigenvalue weighted by atomic mass is 35.5. The summed E-state index contributed by atoms with van der Waals surface area (Å²) in [7, 11) is 0. The molecule has 0 saturated carbocycles. The Morgan fingerprint density at radius 2 is 2.05 bits per heavy atom. The van der Waals surface area contributed by atoms with Crippen LogP contribution in [0.2, 0.25) is 5.15 Å². The van der Waals surface area contributed by atoms with Crippen LogP contribution in [-0.4, -0.2) is 16.7 Å². The van der Waals surface area contributed by atoms with E-state index in [0.29, 0.717) is 5.15 Å². The average Bonchev–Trinajstić information content (AvgIpc) is 2.89. The second-order valence-corrected chi connectivity index (χ2v) is 5.07. The maximum Gasteiger partial charge on any atom is 0.155 e. The smallest absolute Gasteiger partial charge is 0.155 e. The van der Waals surface area contributed by atoms with Crippen molar-refractivity contribution in [2.45, 2.75) is 13.3 Å². The first kappa shape index (κ1) is 12.2. The Kier molecular flexibility index (Phi) is 3.22. The number of anilines is 1. The Bertz CT molecular complexity index is 620. The van der Waals surface area contributed by atoms with E-state index in [9.17, 15) is 0 Å². The van der Waals surface area contributed by atoms with Crippen molar-refractivity contribution in [1.29, 1.82) is 0 Å². The fourth-order valence-electron chi connectivity index (χ4n) is 2.26. The maximum absolute atomic E-state index is 5.75. The molecule has 3 rings (SSSR count). The van der Waals surface area contributed by atoms with E-state index in [1.807, 2.05) is 6.07 Å². The largest absolute Gasteiger partial charge is 0.331 e. The van der Waals surface area contributed by atoms with Crippen LogP contribution in [0.5, 0.6) is 0 Å². The van der Waals surface area contributed by atoms with Crippen LogP contribution in [0.3, 0.4) is 0 Å². The summed E-state index contributed by atoms with van der Waals surface area (Å²) in [6, 6.07) is 12.2. The molecule has 0 amide bonds. The molecule has 1 aliphatic heterocycles. The summed E-state index contributed by atoms with van der Waals surface area (Å²) >= 11 is 5.75. The van der Waals surface area contributed by atoms with Gasteiger partial charge < -0.3 is 4.90 Å². The highest BCUT2D eigenvalue weighted by Gasteiger charge is 2.16. The molecule has 0 saturated heterocycles. The molecule has 96 valence electrons. The molecule has 0 bridgehead atoms. The van der Waals surface area contributed by atoms with Crippen molar-refractivity contribution < 1.29 is 0 Å². The first-order valence-corrected chi connectivity index (χ1v) is 6.64. The molecular formula is C15H14ClN3. The predicted molar refractivity (Wildman–Crippen MR) is 78.2 cm³/mol. The summed E-state index contributed by atoms with van der Waals surface area (Å²) < 4.78 is 0. The van der Waals surface area contributed by atoms with Gasteiger partial charge >= 0.3 is 0 Å². The molecule has 2 heterocycles. The minimum atomic E-state index is 0.422. The zero-order chi connectivity index (χ0) is 13.2. The lowest BCUT2D eigenvalue weighted by Crippen LogP contribution is -2.13. The first-order chi connectivity index (χ1) is 9.22. The third-order valence-corrected chi connectivity index (χ3v) is 3.44. The lowest BCUT2D eigenvalue weighted by Gasteiger charge is -2.12. The standard InChI is InChI=1S/C15H14ClN3/c1-11-3-2-4-12(9-11)13-7-8-19(10-13)15-6-5-14(16)17-18-15/h2-6,9-10H,7-8H2,1H3. The summed E-state index contributed by atoms with van der Waals surface area (Å²) in [4.78, 5) is 2.11. The summed E-state index contributed by atoms with van der Waals surface area (Å²) in [5.41, 5.74) is 3.90. The van der Waals surface area contributed by atoms with Gasteiger partial charge in [0.05, 0.1) is 0 Å². The van der Waals surface area contributed by atoms with Crippen molar-refractivity contribution in [3.05, 3.63) is 58.9 Å². The van der Waals surface area contributed by atoms with Crippen molar-refractivity contribution in [3.63, 3.8) is 0 Å². The van der Waals surface area contributed by atoms with Crippen LogP contribution in [0.15, 0.2) is 42.6 Å². The Morgan fingerprint density at radius 3 is 2.79 bits per heavy atom. The molecule has 0 radical (unpaired) electrons. The second-order valence-electron chi connectivity index (χ2n) is 4.68. The fourth-order valence-corrected chi connectivity index (χ4v) is 2.37. The summed E-state index contributed by atoms with van der Waals surface area (Å²) in [6.45, 7) is 3.04. The topological polar surface area (TPSA) is 29.0 Å². The lowest BCUT2D eigenvalue weighted by atomic mass is 10.0. The molecule has 1 aliphatic rings. The summed E-state index contributed by atoms with van der Waals surface area (Å²) in [5, 5.41) is 8.41. The zero-order valence-electron chi connectivity index (χ0n) is 10.7. The molecule has 2 aromatic rings. The molecule has 4 heteroatoms. The van der Waals surface area contributed by atoms with E-state index in [4.69, 9.17) is 11.6 Å². The Hall–Kier alpha value is -1.87. The SMILES string of the molecule is Cc1cccc(C2=CN(c3ccc(Cl)nn3)CC2)c1. The van der Waals surface area contributed by atoms with Crippen molar-refractivity contribution in [1.82, 2.24) is 10.2 Å². The number of aromatic nitrogens is 2. The highest BCUT2D eigenvalue weighted by molar-refractivity contribution is 6.29. The normalized spacial score (nSPS) is 14.6. The van der Waals surface area contributed by atoms with Gasteiger partial charge in [-0.2, -0.15) is 0 Å². The second kappa shape index (κ2) is 5.02. The molecule has 1 aromatic heterocycles. The number of aryl methyl sites for hydroxylation is 1. The molecule has 19 heavy (non-hydrogen) atoms. The van der Waals surface area contributed by atoms with E-state index in [1.165, 1.54) is 16.7 Å². The Labute approximate surface area is 117 Å². The number of nitrogens with zero attached hydrogens (tertiary/aromatic N) is 3. The molecule has 0 atom stereocenters. The number of hydrogen-bond donors (Lipinski definition) is 0. The Morgan fingerprint density at radius 1 is 1.16 bits per heavy atom. The van der Waals surface area contributed by atoms with Crippen molar-refractivity contribution in [3.8, 4) is 0 Å². The first-order valence-electron chi connectivity index (χ1n) is 6.26. The number of hydrogen-bond acceptors (Lipinski definition) is 3. The maximum atomic E-state index is 5.75. The van der Waals surface area contributed by atoms with Crippen LogP contribution in [-0.2, 0) is 0 Å². The average molecular weight is 272 g/mol.